The molecule has 15 heavy (non-hydrogen) atoms. The second-order valence-corrected chi connectivity index (χ2v) is 7.85. The first-order chi connectivity index (χ1) is 7.08. The summed E-state index contributed by atoms with van der Waals surface area (Å²) >= 11 is 0. The van der Waals surface area contributed by atoms with Gasteiger partial charge in [0.2, 0.25) is 0 Å². The van der Waals surface area contributed by atoms with Crippen molar-refractivity contribution in [3.05, 3.63) is 35.9 Å². The summed E-state index contributed by atoms with van der Waals surface area (Å²) in [5.74, 6) is 1.25. The molecule has 0 aromatic heterocycles. The smallest absolute Gasteiger partial charge is 0.0179 e. The third kappa shape index (κ3) is 6.91. The molecule has 0 aliphatic carbocycles. The molecule has 0 saturated heterocycles. The molecule has 0 spiro atoms. The third-order valence-electron chi connectivity index (χ3n) is 1.84. The molecule has 0 radical (unpaired) electrons. The van der Waals surface area contributed by atoms with Crippen molar-refractivity contribution in [3.63, 3.8) is 0 Å². The fourth-order valence-electron chi connectivity index (χ4n) is 1.20. The van der Waals surface area contributed by atoms with E-state index in [1.807, 2.05) is 21.6 Å². The highest BCUT2D eigenvalue weighted by Crippen LogP contribution is 2.35. The van der Waals surface area contributed by atoms with Crippen molar-refractivity contribution < 1.29 is 0 Å². The first-order valence-electron chi connectivity index (χ1n) is 5.42. The van der Waals surface area contributed by atoms with Gasteiger partial charge in [-0.3, -0.25) is 0 Å². The molecule has 0 heterocycles. The molecule has 0 aliphatic rings. The number of benzene rings is 1. The third-order valence-corrected chi connectivity index (χ3v) is 5.27. The highest BCUT2D eigenvalue weighted by atomic mass is 33.1. The lowest BCUT2D eigenvalue weighted by molar-refractivity contribution is 0.810. The second kappa shape index (κ2) is 6.49. The maximum atomic E-state index is 2.27. The summed E-state index contributed by atoms with van der Waals surface area (Å²) in [6.07, 6.45) is 2.48. The van der Waals surface area contributed by atoms with Gasteiger partial charge in [0.1, 0.15) is 0 Å². The molecule has 2 heteroatoms. The maximum absolute atomic E-state index is 2.27. The van der Waals surface area contributed by atoms with E-state index in [0.29, 0.717) is 4.75 Å². The molecule has 0 atom stereocenters. The number of hydrogen-bond acceptors (Lipinski definition) is 2. The Labute approximate surface area is 102 Å². The minimum atomic E-state index is 0.386. The Morgan fingerprint density at radius 3 is 2.33 bits per heavy atom. The molecule has 84 valence electrons. The van der Waals surface area contributed by atoms with Crippen LogP contribution in [0.25, 0.3) is 0 Å². The summed E-state index contributed by atoms with van der Waals surface area (Å²) in [6.45, 7) is 6.80. The molecule has 0 bridgehead atoms. The maximum Gasteiger partial charge on any atom is 0.0179 e. The van der Waals surface area contributed by atoms with Crippen LogP contribution in [0.3, 0.4) is 0 Å². The van der Waals surface area contributed by atoms with Gasteiger partial charge in [-0.1, -0.05) is 72.7 Å². The van der Waals surface area contributed by atoms with Crippen LogP contribution < -0.4 is 0 Å². The van der Waals surface area contributed by atoms with Crippen LogP contribution >= 0.6 is 21.6 Å². The second-order valence-electron chi connectivity index (χ2n) is 4.61. The largest absolute Gasteiger partial charge is 0.0936 e. The Balaban J connectivity index is 2.08. The molecule has 0 amide bonds. The van der Waals surface area contributed by atoms with Crippen molar-refractivity contribution >= 4 is 21.6 Å². The van der Waals surface area contributed by atoms with Crippen molar-refractivity contribution in [1.82, 2.24) is 0 Å². The van der Waals surface area contributed by atoms with Gasteiger partial charge in [-0.05, 0) is 18.4 Å². The minimum Gasteiger partial charge on any atom is -0.0936 e. The number of aryl methyl sites for hydroxylation is 1. The summed E-state index contributed by atoms with van der Waals surface area (Å²) in [5.41, 5.74) is 1.46. The lowest BCUT2D eigenvalue weighted by Gasteiger charge is -2.15. The van der Waals surface area contributed by atoms with Crippen molar-refractivity contribution in [2.75, 3.05) is 5.75 Å². The standard InChI is InChI=1S/C13H20S2/c1-13(2,3)15-14-11-7-10-12-8-5-4-6-9-12/h4-6,8-9H,7,10-11H2,1-3H3. The Morgan fingerprint density at radius 2 is 1.73 bits per heavy atom. The summed E-state index contributed by atoms with van der Waals surface area (Å²) < 4.78 is 0.386. The average Bonchev–Trinajstić information content (AvgIpc) is 2.17. The molecular formula is C13H20S2. The Morgan fingerprint density at radius 1 is 1.07 bits per heavy atom. The molecule has 0 fully saturated rings. The lowest BCUT2D eigenvalue weighted by atomic mass is 10.1. The van der Waals surface area contributed by atoms with E-state index >= 15 is 0 Å². The van der Waals surface area contributed by atoms with Crippen LogP contribution in [0.5, 0.6) is 0 Å². The Bertz CT molecular complexity index is 262. The first kappa shape index (κ1) is 13.0. The van der Waals surface area contributed by atoms with Crippen molar-refractivity contribution in [2.24, 2.45) is 0 Å². The topological polar surface area (TPSA) is 0 Å². The van der Waals surface area contributed by atoms with E-state index in [2.05, 4.69) is 51.1 Å². The summed E-state index contributed by atoms with van der Waals surface area (Å²) in [4.78, 5) is 0. The number of hydrogen-bond donors (Lipinski definition) is 0. The van der Waals surface area contributed by atoms with Crippen molar-refractivity contribution in [1.29, 1.82) is 0 Å². The fourth-order valence-corrected chi connectivity index (χ4v) is 3.56. The number of rotatable bonds is 5. The molecule has 0 N–H and O–H groups in total. The summed E-state index contributed by atoms with van der Waals surface area (Å²) in [7, 11) is 3.98. The van der Waals surface area contributed by atoms with Gasteiger partial charge >= 0.3 is 0 Å². The van der Waals surface area contributed by atoms with Crippen LogP contribution in [-0.4, -0.2) is 10.5 Å². The van der Waals surface area contributed by atoms with Crippen LogP contribution in [0.4, 0.5) is 0 Å². The summed E-state index contributed by atoms with van der Waals surface area (Å²) in [6, 6.07) is 10.7. The van der Waals surface area contributed by atoms with Gasteiger partial charge < -0.3 is 0 Å². The zero-order chi connectivity index (χ0) is 11.1. The van der Waals surface area contributed by atoms with Gasteiger partial charge in [0.25, 0.3) is 0 Å². The van der Waals surface area contributed by atoms with E-state index in [1.165, 1.54) is 24.2 Å². The van der Waals surface area contributed by atoms with E-state index < -0.39 is 0 Å². The van der Waals surface area contributed by atoms with E-state index in [0.717, 1.165) is 0 Å². The molecule has 1 rings (SSSR count). The predicted octanol–water partition coefficient (Wildman–Crippen LogP) is 4.80. The van der Waals surface area contributed by atoms with Gasteiger partial charge in [0, 0.05) is 10.5 Å². The average molecular weight is 240 g/mol. The normalized spacial score (nSPS) is 11.7. The van der Waals surface area contributed by atoms with Crippen LogP contribution in [0.2, 0.25) is 0 Å². The Kier molecular flexibility index (Phi) is 5.62. The molecule has 0 unspecified atom stereocenters. The fraction of sp³-hybridized carbons (Fsp3) is 0.538. The van der Waals surface area contributed by atoms with E-state index in [9.17, 15) is 0 Å². The van der Waals surface area contributed by atoms with Crippen LogP contribution in [0.1, 0.15) is 32.8 Å². The SMILES string of the molecule is CC(C)(C)SSCCCc1ccccc1. The van der Waals surface area contributed by atoms with Gasteiger partial charge in [0.05, 0.1) is 0 Å². The molecular weight excluding hydrogens is 220 g/mol. The Hall–Kier alpha value is -0.0800. The van der Waals surface area contributed by atoms with Gasteiger partial charge in [-0.25, -0.2) is 0 Å². The zero-order valence-corrected chi connectivity index (χ0v) is 11.5. The molecule has 1 aromatic rings. The van der Waals surface area contributed by atoms with Crippen LogP contribution in [-0.2, 0) is 6.42 Å². The van der Waals surface area contributed by atoms with Gasteiger partial charge in [0.15, 0.2) is 0 Å². The van der Waals surface area contributed by atoms with Gasteiger partial charge in [-0.15, -0.1) is 0 Å². The van der Waals surface area contributed by atoms with Gasteiger partial charge in [-0.2, -0.15) is 0 Å². The molecule has 0 nitrogen and oxygen atoms in total. The predicted molar refractivity (Wildman–Crippen MR) is 74.6 cm³/mol. The monoisotopic (exact) mass is 240 g/mol. The van der Waals surface area contributed by atoms with E-state index in [1.54, 1.807) is 0 Å². The highest BCUT2D eigenvalue weighted by Gasteiger charge is 2.10. The quantitative estimate of drug-likeness (QED) is 0.535. The molecule has 1 aromatic carbocycles. The van der Waals surface area contributed by atoms with E-state index in [4.69, 9.17) is 0 Å². The van der Waals surface area contributed by atoms with E-state index in [-0.39, 0.29) is 0 Å². The molecule has 0 aliphatic heterocycles. The lowest BCUT2D eigenvalue weighted by Crippen LogP contribution is -2.04. The summed E-state index contributed by atoms with van der Waals surface area (Å²) in [5, 5.41) is 0. The first-order valence-corrected chi connectivity index (χ1v) is 7.74. The van der Waals surface area contributed by atoms with Crippen LogP contribution in [0.15, 0.2) is 30.3 Å². The minimum absolute atomic E-state index is 0.386. The van der Waals surface area contributed by atoms with Crippen LogP contribution in [0, 0.1) is 0 Å². The highest BCUT2D eigenvalue weighted by molar-refractivity contribution is 8.77. The molecule has 0 saturated carbocycles. The zero-order valence-electron chi connectivity index (χ0n) is 9.82. The van der Waals surface area contributed by atoms with Crippen molar-refractivity contribution in [3.8, 4) is 0 Å². The van der Waals surface area contributed by atoms with Crippen molar-refractivity contribution in [2.45, 2.75) is 38.4 Å².